The van der Waals surface area contributed by atoms with E-state index in [1.807, 2.05) is 4.90 Å². The monoisotopic (exact) mass is 333 g/mol. The van der Waals surface area contributed by atoms with E-state index in [0.29, 0.717) is 25.7 Å². The highest BCUT2D eigenvalue weighted by atomic mass is 16.5. The van der Waals surface area contributed by atoms with Crippen molar-refractivity contribution >= 4 is 18.0 Å². The van der Waals surface area contributed by atoms with Crippen molar-refractivity contribution in [1.29, 1.82) is 0 Å². The van der Waals surface area contributed by atoms with E-state index in [9.17, 15) is 14.4 Å². The Hall–Kier alpha value is -1.72. The number of isocyanates is 1. The average molecular weight is 333 g/mol. The van der Waals surface area contributed by atoms with Crippen LogP contribution in [0.3, 0.4) is 0 Å². The van der Waals surface area contributed by atoms with Crippen LogP contribution in [0.2, 0.25) is 0 Å². The molecule has 0 bridgehead atoms. The van der Waals surface area contributed by atoms with Crippen LogP contribution in [0.25, 0.3) is 0 Å². The number of carbonyl (C=O) groups is 2. The summed E-state index contributed by atoms with van der Waals surface area (Å²) in [6.45, 7) is 1.96. The van der Waals surface area contributed by atoms with Crippen molar-refractivity contribution in [2.24, 2.45) is 16.3 Å². The predicted molar refractivity (Wildman–Crippen MR) is 84.0 cm³/mol. The molecule has 0 unspecified atom stereocenters. The van der Waals surface area contributed by atoms with Gasteiger partial charge in [0.05, 0.1) is 19.3 Å². The molecule has 0 atom stereocenters. The molecule has 7 heteroatoms. The lowest BCUT2D eigenvalue weighted by molar-refractivity contribution is -0.151. The van der Waals surface area contributed by atoms with Crippen LogP contribution in [0.5, 0.6) is 0 Å². The Morgan fingerprint density at radius 1 is 1.25 bits per heavy atom. The maximum absolute atomic E-state index is 12.8. The molecule has 0 N–H and O–H groups in total. The minimum absolute atomic E-state index is 0.0496. The van der Waals surface area contributed by atoms with Gasteiger partial charge in [0.2, 0.25) is 6.08 Å². The van der Waals surface area contributed by atoms with E-state index in [2.05, 4.69) is 4.99 Å². The quantitative estimate of drug-likeness (QED) is 0.443. The molecule has 0 radical (unpaired) electrons. The zero-order chi connectivity index (χ0) is 16.9. The lowest BCUT2D eigenvalue weighted by atomic mass is 9.51. The molecule has 2 spiro atoms. The van der Waals surface area contributed by atoms with Crippen molar-refractivity contribution in [2.75, 3.05) is 26.8 Å². The van der Waals surface area contributed by atoms with E-state index in [0.717, 1.165) is 38.5 Å². The molecule has 0 aromatic rings. The number of hydrogen-bond acceptors (Lipinski definition) is 5. The van der Waals surface area contributed by atoms with Crippen molar-refractivity contribution in [3.8, 4) is 0 Å². The summed E-state index contributed by atoms with van der Waals surface area (Å²) in [4.78, 5) is 42.7. The first-order chi connectivity index (χ1) is 11.5. The van der Waals surface area contributed by atoms with Gasteiger partial charge in [-0.2, -0.15) is 0 Å². The van der Waals surface area contributed by atoms with Crippen LogP contribution >= 0.6 is 0 Å². The maximum Gasteiger partial charge on any atom is 0.327 e. The highest BCUT2D eigenvalue weighted by molar-refractivity contribution is 6.07. The first kappa shape index (κ1) is 15.8. The number of aliphatic imine (C=N–C) groups is 1. The van der Waals surface area contributed by atoms with E-state index >= 15 is 0 Å². The molecular weight excluding hydrogens is 310 g/mol. The molecule has 2 saturated heterocycles. The van der Waals surface area contributed by atoms with Gasteiger partial charge in [0.15, 0.2) is 0 Å². The number of ether oxygens (including phenoxy) is 1. The fraction of sp³-hybridized carbons (Fsp3) is 0.824. The number of carbonyl (C=O) groups excluding carboxylic acids is 3. The molecule has 7 nitrogen and oxygen atoms in total. The van der Waals surface area contributed by atoms with Crippen LogP contribution in [0.1, 0.15) is 38.5 Å². The van der Waals surface area contributed by atoms with Crippen LogP contribution in [-0.4, -0.2) is 66.2 Å². The summed E-state index contributed by atoms with van der Waals surface area (Å²) in [5.41, 5.74) is -0.507. The molecule has 2 aliphatic heterocycles. The summed E-state index contributed by atoms with van der Waals surface area (Å²) in [6, 6.07) is -0.0857. The second kappa shape index (κ2) is 5.39. The predicted octanol–water partition coefficient (Wildman–Crippen LogP) is 1.32. The molecule has 24 heavy (non-hydrogen) atoms. The highest BCUT2D eigenvalue weighted by Crippen LogP contribution is 2.61. The summed E-state index contributed by atoms with van der Waals surface area (Å²) in [5.74, 6) is 0.297. The number of hydrogen-bond donors (Lipinski definition) is 0. The summed E-state index contributed by atoms with van der Waals surface area (Å²) >= 11 is 0. The Morgan fingerprint density at radius 3 is 2.46 bits per heavy atom. The van der Waals surface area contributed by atoms with E-state index in [1.165, 1.54) is 4.90 Å². The number of nitrogens with zero attached hydrogens (tertiary/aromatic N) is 3. The first-order valence-corrected chi connectivity index (χ1v) is 8.74. The molecule has 2 saturated carbocycles. The molecule has 4 fully saturated rings. The van der Waals surface area contributed by atoms with Gasteiger partial charge in [0.25, 0.3) is 5.91 Å². The first-order valence-electron chi connectivity index (χ1n) is 8.74. The number of rotatable bonds is 3. The van der Waals surface area contributed by atoms with Crippen LogP contribution in [0.4, 0.5) is 4.79 Å². The van der Waals surface area contributed by atoms with Gasteiger partial charge in [-0.25, -0.2) is 14.6 Å². The standard InChI is InChI=1S/C17H23N3O4/c1-19-14(22)17(20(15(19)23)6-12-7-24-8-12)9-16(10-17)4-2-13(3-5-16)18-11-21/h12-13H,2-10H2,1H3. The second-order valence-electron chi connectivity index (χ2n) is 8.00. The van der Waals surface area contributed by atoms with Crippen molar-refractivity contribution in [1.82, 2.24) is 9.80 Å². The van der Waals surface area contributed by atoms with Crippen molar-refractivity contribution in [3.05, 3.63) is 0 Å². The van der Waals surface area contributed by atoms with Crippen molar-refractivity contribution in [2.45, 2.75) is 50.1 Å². The highest BCUT2D eigenvalue weighted by Gasteiger charge is 2.67. The second-order valence-corrected chi connectivity index (χ2v) is 8.00. The number of urea groups is 1. The van der Waals surface area contributed by atoms with Crippen LogP contribution in [0, 0.1) is 11.3 Å². The van der Waals surface area contributed by atoms with Gasteiger partial charge in [-0.3, -0.25) is 9.69 Å². The fourth-order valence-corrected chi connectivity index (χ4v) is 5.08. The zero-order valence-corrected chi connectivity index (χ0v) is 14.0. The average Bonchev–Trinajstić information content (AvgIpc) is 2.67. The van der Waals surface area contributed by atoms with Gasteiger partial charge in [-0.15, -0.1) is 0 Å². The molecule has 2 aliphatic carbocycles. The Balaban J connectivity index is 1.49. The van der Waals surface area contributed by atoms with Gasteiger partial charge in [-0.05, 0) is 43.9 Å². The molecule has 0 aromatic heterocycles. The molecule has 2 heterocycles. The minimum atomic E-state index is -0.637. The third kappa shape index (κ3) is 2.15. The molecular formula is C17H23N3O4. The lowest BCUT2D eigenvalue weighted by Crippen LogP contribution is -2.65. The molecule has 0 aromatic carbocycles. The van der Waals surface area contributed by atoms with E-state index < -0.39 is 5.54 Å². The Labute approximate surface area is 141 Å². The maximum atomic E-state index is 12.8. The molecule has 3 amide bonds. The number of amides is 3. The van der Waals surface area contributed by atoms with Crippen LogP contribution < -0.4 is 0 Å². The van der Waals surface area contributed by atoms with Gasteiger partial charge in [0.1, 0.15) is 5.54 Å². The van der Waals surface area contributed by atoms with Crippen LogP contribution in [0.15, 0.2) is 4.99 Å². The lowest BCUT2D eigenvalue weighted by Gasteiger charge is -2.58. The van der Waals surface area contributed by atoms with E-state index in [4.69, 9.17) is 4.74 Å². The van der Waals surface area contributed by atoms with E-state index in [1.54, 1.807) is 13.1 Å². The summed E-state index contributed by atoms with van der Waals surface area (Å²) in [6.07, 6.45) is 6.85. The SMILES string of the molecule is CN1C(=O)N(CC2COC2)C2(CC3(CCC(N=C=O)CC3)C2)C1=O. The van der Waals surface area contributed by atoms with Crippen LogP contribution in [-0.2, 0) is 14.3 Å². The van der Waals surface area contributed by atoms with Crippen molar-refractivity contribution in [3.63, 3.8) is 0 Å². The smallest absolute Gasteiger partial charge is 0.327 e. The Morgan fingerprint density at radius 2 is 1.92 bits per heavy atom. The fourth-order valence-electron chi connectivity index (χ4n) is 5.08. The Bertz CT molecular complexity index is 607. The topological polar surface area (TPSA) is 79.3 Å². The Kier molecular flexibility index (Phi) is 3.55. The summed E-state index contributed by atoms with van der Waals surface area (Å²) < 4.78 is 5.22. The number of likely N-dealkylation sites (N-methyl/N-ethyl adjacent to an activating group) is 1. The molecule has 4 rings (SSSR count). The largest absolute Gasteiger partial charge is 0.381 e. The zero-order valence-electron chi connectivity index (χ0n) is 14.0. The van der Waals surface area contributed by atoms with Gasteiger partial charge in [0, 0.05) is 19.5 Å². The number of imide groups is 1. The van der Waals surface area contributed by atoms with Gasteiger partial charge < -0.3 is 9.64 Å². The molecule has 4 aliphatic rings. The van der Waals surface area contributed by atoms with Gasteiger partial charge in [-0.1, -0.05) is 0 Å². The van der Waals surface area contributed by atoms with Gasteiger partial charge >= 0.3 is 6.03 Å². The third-order valence-corrected chi connectivity index (χ3v) is 6.47. The van der Waals surface area contributed by atoms with Crippen molar-refractivity contribution < 1.29 is 19.1 Å². The van der Waals surface area contributed by atoms with E-state index in [-0.39, 0.29) is 23.4 Å². The third-order valence-electron chi connectivity index (χ3n) is 6.47. The minimum Gasteiger partial charge on any atom is -0.381 e. The normalized spacial score (nSPS) is 39.1. The molecule has 130 valence electrons. The summed E-state index contributed by atoms with van der Waals surface area (Å²) in [5, 5.41) is 0. The summed E-state index contributed by atoms with van der Waals surface area (Å²) in [7, 11) is 1.59.